The third kappa shape index (κ3) is 6.01. The maximum atomic E-state index is 12.8. The Balaban J connectivity index is 1.41. The number of aryl methyl sites for hydroxylation is 2. The summed E-state index contributed by atoms with van der Waals surface area (Å²) in [5.41, 5.74) is 3.68. The molecule has 4 rings (SSSR count). The summed E-state index contributed by atoms with van der Waals surface area (Å²) in [6.45, 7) is 5.68. The maximum Gasteiger partial charge on any atom is 0.264 e. The van der Waals surface area contributed by atoms with Gasteiger partial charge in [-0.3, -0.25) is 4.79 Å². The molecule has 1 amide bonds. The molecule has 2 heterocycles. The number of benzene rings is 1. The van der Waals surface area contributed by atoms with Gasteiger partial charge in [-0.05, 0) is 81.0 Å². The van der Waals surface area contributed by atoms with Crippen molar-refractivity contribution in [1.82, 2.24) is 15.0 Å². The molecule has 3 aromatic rings. The van der Waals surface area contributed by atoms with Crippen LogP contribution in [0.25, 0.3) is 0 Å². The van der Waals surface area contributed by atoms with Crippen molar-refractivity contribution in [3.8, 4) is 6.07 Å². The number of rotatable bonds is 7. The number of hydrogen-bond donors (Lipinski definition) is 2. The Kier molecular flexibility index (Phi) is 7.56. The van der Waals surface area contributed by atoms with Gasteiger partial charge >= 0.3 is 0 Å². The lowest BCUT2D eigenvalue weighted by molar-refractivity contribution is -0.115. The predicted molar refractivity (Wildman–Crippen MR) is 138 cm³/mol. The lowest BCUT2D eigenvalue weighted by Gasteiger charge is -2.22. The molecule has 0 spiro atoms. The van der Waals surface area contributed by atoms with Gasteiger partial charge in [-0.1, -0.05) is 18.7 Å². The SMILES string of the molecule is Cc1ccnc(NS(=O)(=O)c2ccc(NC(=O)C(C)Sc3nc4c(cc3C#N)CC(C)CC4)cc2)n1. The summed E-state index contributed by atoms with van der Waals surface area (Å²) in [5.74, 6) is 0.279. The molecule has 2 unspecified atom stereocenters. The van der Waals surface area contributed by atoms with Crippen LogP contribution in [0.4, 0.5) is 11.6 Å². The topological polar surface area (TPSA) is 138 Å². The highest BCUT2D eigenvalue weighted by atomic mass is 32.2. The minimum absolute atomic E-state index is 0.0132. The second kappa shape index (κ2) is 10.6. The number of sulfonamides is 1. The number of nitriles is 1. The Morgan fingerprint density at radius 2 is 1.97 bits per heavy atom. The molecule has 2 N–H and O–H groups in total. The van der Waals surface area contributed by atoms with E-state index >= 15 is 0 Å². The molecule has 186 valence electrons. The minimum atomic E-state index is -3.88. The number of amides is 1. The maximum absolute atomic E-state index is 12.8. The second-order valence-electron chi connectivity index (χ2n) is 8.81. The van der Waals surface area contributed by atoms with Crippen LogP contribution < -0.4 is 10.0 Å². The number of thioether (sulfide) groups is 1. The number of nitrogens with zero attached hydrogens (tertiary/aromatic N) is 4. The smallest absolute Gasteiger partial charge is 0.264 e. The van der Waals surface area contributed by atoms with E-state index in [0.29, 0.717) is 27.9 Å². The third-order valence-corrected chi connectivity index (χ3v) is 8.28. The van der Waals surface area contributed by atoms with Crippen LogP contribution in [0.5, 0.6) is 0 Å². The summed E-state index contributed by atoms with van der Waals surface area (Å²) in [6.07, 6.45) is 4.32. The Morgan fingerprint density at radius 3 is 2.67 bits per heavy atom. The Morgan fingerprint density at radius 1 is 1.22 bits per heavy atom. The zero-order chi connectivity index (χ0) is 25.9. The van der Waals surface area contributed by atoms with Crippen molar-refractivity contribution in [1.29, 1.82) is 5.26 Å². The molecule has 2 aromatic heterocycles. The van der Waals surface area contributed by atoms with Gasteiger partial charge in [0.15, 0.2) is 0 Å². The quantitative estimate of drug-likeness (QED) is 0.443. The van der Waals surface area contributed by atoms with Gasteiger partial charge in [-0.15, -0.1) is 0 Å². The molecule has 2 atom stereocenters. The number of anilines is 2. The van der Waals surface area contributed by atoms with Crippen molar-refractivity contribution in [2.75, 3.05) is 10.0 Å². The highest BCUT2D eigenvalue weighted by Crippen LogP contribution is 2.31. The summed E-state index contributed by atoms with van der Waals surface area (Å²) in [5, 5.41) is 12.4. The molecule has 36 heavy (non-hydrogen) atoms. The average Bonchev–Trinajstić information content (AvgIpc) is 2.83. The number of nitrogens with one attached hydrogen (secondary N) is 2. The van der Waals surface area contributed by atoms with Crippen molar-refractivity contribution in [3.63, 3.8) is 0 Å². The van der Waals surface area contributed by atoms with E-state index in [2.05, 4.69) is 33.0 Å². The molecule has 9 nitrogen and oxygen atoms in total. The summed E-state index contributed by atoms with van der Waals surface area (Å²) >= 11 is 1.24. The van der Waals surface area contributed by atoms with Gasteiger partial charge in [0.05, 0.1) is 15.7 Å². The van der Waals surface area contributed by atoms with E-state index in [-0.39, 0.29) is 16.8 Å². The highest BCUT2D eigenvalue weighted by molar-refractivity contribution is 8.00. The van der Waals surface area contributed by atoms with Gasteiger partial charge in [-0.2, -0.15) is 5.26 Å². The van der Waals surface area contributed by atoms with E-state index in [9.17, 15) is 18.5 Å². The fourth-order valence-corrected chi connectivity index (χ4v) is 5.70. The molecule has 0 radical (unpaired) electrons. The molecule has 0 saturated heterocycles. The van der Waals surface area contributed by atoms with Gasteiger partial charge in [-0.25, -0.2) is 28.1 Å². The van der Waals surface area contributed by atoms with Crippen molar-refractivity contribution in [2.24, 2.45) is 5.92 Å². The number of hydrogen-bond acceptors (Lipinski definition) is 8. The van der Waals surface area contributed by atoms with Crippen molar-refractivity contribution in [3.05, 3.63) is 65.1 Å². The van der Waals surface area contributed by atoms with Gasteiger partial charge in [0.25, 0.3) is 10.0 Å². The van der Waals surface area contributed by atoms with Gasteiger partial charge in [0.2, 0.25) is 11.9 Å². The summed E-state index contributed by atoms with van der Waals surface area (Å²) < 4.78 is 27.6. The largest absolute Gasteiger partial charge is 0.325 e. The van der Waals surface area contributed by atoms with E-state index in [1.54, 1.807) is 19.9 Å². The Labute approximate surface area is 214 Å². The first-order valence-corrected chi connectivity index (χ1v) is 13.8. The molecular formula is C25H26N6O3S2. The van der Waals surface area contributed by atoms with Crippen LogP contribution in [-0.4, -0.2) is 34.5 Å². The number of carbonyl (C=O) groups excluding carboxylic acids is 1. The van der Waals surface area contributed by atoms with E-state index in [0.717, 1.165) is 30.5 Å². The zero-order valence-corrected chi connectivity index (χ0v) is 21.8. The van der Waals surface area contributed by atoms with Crippen molar-refractivity contribution < 1.29 is 13.2 Å². The second-order valence-corrected chi connectivity index (χ2v) is 11.8. The molecule has 0 saturated carbocycles. The predicted octanol–water partition coefficient (Wildman–Crippen LogP) is 4.10. The molecule has 1 aromatic carbocycles. The summed E-state index contributed by atoms with van der Waals surface area (Å²) in [7, 11) is -3.88. The van der Waals surface area contributed by atoms with Gasteiger partial charge in [0.1, 0.15) is 11.1 Å². The van der Waals surface area contributed by atoms with Crippen LogP contribution in [0.3, 0.4) is 0 Å². The third-order valence-electron chi connectivity index (χ3n) is 5.83. The highest BCUT2D eigenvalue weighted by Gasteiger charge is 2.23. The monoisotopic (exact) mass is 522 g/mol. The molecule has 0 bridgehead atoms. The van der Waals surface area contributed by atoms with Crippen LogP contribution in [-0.2, 0) is 27.7 Å². The van der Waals surface area contributed by atoms with E-state index < -0.39 is 15.3 Å². The molecular weight excluding hydrogens is 496 g/mol. The fraction of sp³-hybridized carbons (Fsp3) is 0.320. The molecule has 0 aliphatic heterocycles. The summed E-state index contributed by atoms with van der Waals surface area (Å²) in [4.78, 5) is 25.5. The van der Waals surface area contributed by atoms with Crippen LogP contribution >= 0.6 is 11.8 Å². The number of aromatic nitrogens is 3. The zero-order valence-electron chi connectivity index (χ0n) is 20.1. The molecule has 1 aliphatic carbocycles. The molecule has 11 heteroatoms. The van der Waals surface area contributed by atoms with Crippen molar-refractivity contribution >= 4 is 39.3 Å². The van der Waals surface area contributed by atoms with Gasteiger partial charge in [0, 0.05) is 23.3 Å². The Bertz CT molecular complexity index is 1440. The van der Waals surface area contributed by atoms with E-state index in [1.165, 1.54) is 42.2 Å². The first kappa shape index (κ1) is 25.6. The molecule has 1 aliphatic rings. The van der Waals surface area contributed by atoms with Crippen LogP contribution in [0.2, 0.25) is 0 Å². The minimum Gasteiger partial charge on any atom is -0.325 e. The first-order valence-electron chi connectivity index (χ1n) is 11.5. The number of carbonyl (C=O) groups is 1. The standard InChI is InChI=1S/C25H26N6O3S2/c1-15-4-9-22-18(12-15)13-19(14-26)24(30-22)35-17(3)23(32)29-20-5-7-21(8-6-20)36(33,34)31-25-27-11-10-16(2)28-25/h5-8,10-11,13,15,17H,4,9,12H2,1-3H3,(H,29,32)(H,27,28,31). The van der Waals surface area contributed by atoms with Crippen LogP contribution in [0, 0.1) is 24.2 Å². The number of fused-ring (bicyclic) bond motifs is 1. The van der Waals surface area contributed by atoms with Crippen molar-refractivity contribution in [2.45, 2.75) is 55.2 Å². The van der Waals surface area contributed by atoms with E-state index in [4.69, 9.17) is 4.98 Å². The Hall–Kier alpha value is -3.49. The summed E-state index contributed by atoms with van der Waals surface area (Å²) in [6, 6.07) is 11.6. The van der Waals surface area contributed by atoms with E-state index in [1.807, 2.05) is 6.07 Å². The lowest BCUT2D eigenvalue weighted by Crippen LogP contribution is -2.23. The molecule has 0 fully saturated rings. The average molecular weight is 523 g/mol. The normalized spacial score (nSPS) is 15.9. The lowest BCUT2D eigenvalue weighted by atomic mass is 9.87. The van der Waals surface area contributed by atoms with Crippen LogP contribution in [0.15, 0.2) is 52.5 Å². The van der Waals surface area contributed by atoms with Gasteiger partial charge < -0.3 is 5.32 Å². The first-order chi connectivity index (χ1) is 17.1. The fourth-order valence-electron chi connectivity index (χ4n) is 3.86. The van der Waals surface area contributed by atoms with Crippen LogP contribution in [0.1, 0.15) is 42.8 Å². The number of pyridine rings is 1.